The van der Waals surface area contributed by atoms with E-state index in [1.54, 1.807) is 0 Å². The first-order valence-corrected chi connectivity index (χ1v) is 6.16. The van der Waals surface area contributed by atoms with Crippen molar-refractivity contribution in [2.24, 2.45) is 0 Å². The fourth-order valence-corrected chi connectivity index (χ4v) is 3.08. The first-order valence-electron chi connectivity index (χ1n) is 6.16. The molecule has 1 aromatic heterocycles. The molecule has 0 amide bonds. The maximum absolute atomic E-state index is 4.18. The number of nitrogens with one attached hydrogen (secondary N) is 1. The first-order chi connectivity index (χ1) is 7.88. The van der Waals surface area contributed by atoms with Crippen LogP contribution in [0.15, 0.2) is 6.33 Å². The van der Waals surface area contributed by atoms with E-state index in [2.05, 4.69) is 32.0 Å². The molecule has 1 aliphatic heterocycles. The Morgan fingerprint density at radius 1 is 1.38 bits per heavy atom. The highest BCUT2D eigenvalue weighted by molar-refractivity contribution is 4.96. The molecule has 2 atom stereocenters. The highest BCUT2D eigenvalue weighted by atomic mass is 15.3. The molecule has 0 saturated heterocycles. The van der Waals surface area contributed by atoms with Crippen molar-refractivity contribution in [1.29, 1.82) is 0 Å². The van der Waals surface area contributed by atoms with Gasteiger partial charge in [-0.2, -0.15) is 0 Å². The van der Waals surface area contributed by atoms with E-state index in [1.807, 2.05) is 6.33 Å². The highest BCUT2D eigenvalue weighted by Gasteiger charge is 2.33. The van der Waals surface area contributed by atoms with Crippen molar-refractivity contribution in [3.63, 3.8) is 0 Å². The largest absolute Gasteiger partial charge is 0.315 e. The van der Waals surface area contributed by atoms with Crippen LogP contribution in [0.1, 0.15) is 25.1 Å². The van der Waals surface area contributed by atoms with Gasteiger partial charge in [-0.05, 0) is 19.9 Å². The molecule has 0 aromatic carbocycles. The molecule has 1 aliphatic carbocycles. The van der Waals surface area contributed by atoms with Gasteiger partial charge < -0.3 is 9.88 Å². The molecule has 2 heterocycles. The average molecular weight is 221 g/mol. The van der Waals surface area contributed by atoms with Gasteiger partial charge in [-0.1, -0.05) is 6.42 Å². The molecule has 1 fully saturated rings. The lowest BCUT2D eigenvalue weighted by Gasteiger charge is -2.35. The number of rotatable bonds is 2. The van der Waals surface area contributed by atoms with E-state index < -0.39 is 0 Å². The molecule has 1 saturated carbocycles. The summed E-state index contributed by atoms with van der Waals surface area (Å²) in [5.74, 6) is 1.12. The fraction of sp³-hybridized carbons (Fsp3) is 0.818. The average Bonchev–Trinajstić information content (AvgIpc) is 2.96. The van der Waals surface area contributed by atoms with E-state index in [-0.39, 0.29) is 0 Å². The maximum atomic E-state index is 4.18. The van der Waals surface area contributed by atoms with Gasteiger partial charge in [-0.15, -0.1) is 10.2 Å². The second-order valence-electron chi connectivity index (χ2n) is 4.80. The Kier molecular flexibility index (Phi) is 2.65. The summed E-state index contributed by atoms with van der Waals surface area (Å²) in [7, 11) is 2.08. The number of likely N-dealkylation sites (N-methyl/N-ethyl adjacent to an activating group) is 1. The quantitative estimate of drug-likeness (QED) is 0.777. The van der Waals surface area contributed by atoms with Crippen LogP contribution in [0.25, 0.3) is 0 Å². The molecule has 1 N–H and O–H groups in total. The van der Waals surface area contributed by atoms with Crippen molar-refractivity contribution in [3.05, 3.63) is 12.2 Å². The lowest BCUT2D eigenvalue weighted by atomic mass is 10.1. The summed E-state index contributed by atoms with van der Waals surface area (Å²) < 4.78 is 2.17. The fourth-order valence-electron chi connectivity index (χ4n) is 3.08. The first kappa shape index (κ1) is 10.2. The summed E-state index contributed by atoms with van der Waals surface area (Å²) in [4.78, 5) is 2.57. The Morgan fingerprint density at radius 3 is 3.19 bits per heavy atom. The monoisotopic (exact) mass is 221 g/mol. The van der Waals surface area contributed by atoms with E-state index in [4.69, 9.17) is 0 Å². The van der Waals surface area contributed by atoms with E-state index in [0.29, 0.717) is 12.1 Å². The third-order valence-electron chi connectivity index (χ3n) is 3.99. The molecule has 2 aliphatic rings. The SMILES string of the molecule is CNC1CCCC1N1CCn2cnnc2C1. The Bertz CT molecular complexity index is 361. The van der Waals surface area contributed by atoms with Gasteiger partial charge in [-0.25, -0.2) is 0 Å². The Morgan fingerprint density at radius 2 is 2.31 bits per heavy atom. The zero-order valence-electron chi connectivity index (χ0n) is 9.76. The topological polar surface area (TPSA) is 46.0 Å². The normalized spacial score (nSPS) is 30.6. The van der Waals surface area contributed by atoms with Crippen LogP contribution in [0.5, 0.6) is 0 Å². The molecule has 1 aromatic rings. The molecule has 0 bridgehead atoms. The van der Waals surface area contributed by atoms with Crippen molar-refractivity contribution >= 4 is 0 Å². The minimum atomic E-state index is 0.662. The predicted molar refractivity (Wildman–Crippen MR) is 60.9 cm³/mol. The van der Waals surface area contributed by atoms with Crippen LogP contribution >= 0.6 is 0 Å². The second-order valence-corrected chi connectivity index (χ2v) is 4.80. The third-order valence-corrected chi connectivity index (χ3v) is 3.99. The van der Waals surface area contributed by atoms with Gasteiger partial charge in [0.25, 0.3) is 0 Å². The lowest BCUT2D eigenvalue weighted by Crippen LogP contribution is -2.48. The van der Waals surface area contributed by atoms with Crippen LogP contribution in [0.4, 0.5) is 0 Å². The summed E-state index contributed by atoms with van der Waals surface area (Å²) in [6, 6.07) is 1.35. The van der Waals surface area contributed by atoms with Crippen LogP contribution < -0.4 is 5.32 Å². The Labute approximate surface area is 95.8 Å². The molecular weight excluding hydrogens is 202 g/mol. The van der Waals surface area contributed by atoms with Crippen LogP contribution in [0.2, 0.25) is 0 Å². The number of fused-ring (bicyclic) bond motifs is 1. The zero-order valence-corrected chi connectivity index (χ0v) is 9.76. The van der Waals surface area contributed by atoms with Crippen molar-refractivity contribution in [1.82, 2.24) is 25.0 Å². The highest BCUT2D eigenvalue weighted by Crippen LogP contribution is 2.26. The molecule has 2 unspecified atom stereocenters. The molecular formula is C11H19N5. The molecule has 16 heavy (non-hydrogen) atoms. The Balaban J connectivity index is 1.73. The van der Waals surface area contributed by atoms with E-state index in [9.17, 15) is 0 Å². The third kappa shape index (κ3) is 1.64. The van der Waals surface area contributed by atoms with Gasteiger partial charge in [0, 0.05) is 25.2 Å². The van der Waals surface area contributed by atoms with Gasteiger partial charge in [0.2, 0.25) is 0 Å². The standard InChI is InChI=1S/C11H19N5/c1-12-9-3-2-4-10(9)15-5-6-16-8-13-14-11(16)7-15/h8-10,12H,2-7H2,1H3. The Hall–Kier alpha value is -0.940. The van der Waals surface area contributed by atoms with Crippen LogP contribution in [-0.2, 0) is 13.1 Å². The maximum Gasteiger partial charge on any atom is 0.147 e. The predicted octanol–water partition coefficient (Wildman–Crippen LogP) is 0.234. The summed E-state index contributed by atoms with van der Waals surface area (Å²) in [6.45, 7) is 3.13. The number of aromatic nitrogens is 3. The van der Waals surface area contributed by atoms with Gasteiger partial charge in [-0.3, -0.25) is 4.90 Å². The summed E-state index contributed by atoms with van der Waals surface area (Å²) in [5, 5.41) is 11.6. The number of nitrogens with zero attached hydrogens (tertiary/aromatic N) is 4. The lowest BCUT2D eigenvalue weighted by molar-refractivity contribution is 0.136. The van der Waals surface area contributed by atoms with Gasteiger partial charge >= 0.3 is 0 Å². The number of hydrogen-bond acceptors (Lipinski definition) is 4. The zero-order chi connectivity index (χ0) is 11.0. The van der Waals surface area contributed by atoms with Crippen LogP contribution in [0.3, 0.4) is 0 Å². The summed E-state index contributed by atoms with van der Waals surface area (Å²) in [6.07, 6.45) is 5.82. The van der Waals surface area contributed by atoms with Gasteiger partial charge in [0.15, 0.2) is 0 Å². The second kappa shape index (κ2) is 4.14. The van der Waals surface area contributed by atoms with E-state index >= 15 is 0 Å². The molecule has 3 rings (SSSR count). The summed E-state index contributed by atoms with van der Waals surface area (Å²) in [5.41, 5.74) is 0. The molecule has 0 radical (unpaired) electrons. The van der Waals surface area contributed by atoms with E-state index in [1.165, 1.54) is 19.3 Å². The molecule has 0 spiro atoms. The van der Waals surface area contributed by atoms with Crippen molar-refractivity contribution in [2.75, 3.05) is 13.6 Å². The van der Waals surface area contributed by atoms with Crippen LogP contribution in [0, 0.1) is 0 Å². The minimum absolute atomic E-state index is 0.662. The van der Waals surface area contributed by atoms with Crippen molar-refractivity contribution < 1.29 is 0 Å². The minimum Gasteiger partial charge on any atom is -0.315 e. The number of hydrogen-bond donors (Lipinski definition) is 1. The molecule has 5 heteroatoms. The summed E-state index contributed by atoms with van der Waals surface area (Å²) >= 11 is 0. The smallest absolute Gasteiger partial charge is 0.147 e. The van der Waals surface area contributed by atoms with Crippen LogP contribution in [-0.4, -0.2) is 45.3 Å². The van der Waals surface area contributed by atoms with Gasteiger partial charge in [0.05, 0.1) is 6.54 Å². The van der Waals surface area contributed by atoms with Gasteiger partial charge in [0.1, 0.15) is 12.2 Å². The van der Waals surface area contributed by atoms with E-state index in [0.717, 1.165) is 25.5 Å². The molecule has 5 nitrogen and oxygen atoms in total. The van der Waals surface area contributed by atoms with Crippen molar-refractivity contribution in [3.8, 4) is 0 Å². The molecule has 88 valence electrons. The van der Waals surface area contributed by atoms with Crippen molar-refractivity contribution in [2.45, 2.75) is 44.4 Å².